The van der Waals surface area contributed by atoms with Crippen molar-refractivity contribution in [3.8, 4) is 0 Å². The van der Waals surface area contributed by atoms with E-state index in [0.29, 0.717) is 18.6 Å². The largest absolute Gasteiger partial charge is 0.369 e. The number of hydrogen-bond acceptors (Lipinski definition) is 5. The van der Waals surface area contributed by atoms with E-state index in [1.807, 2.05) is 0 Å². The normalized spacial score (nSPS) is 12.5. The van der Waals surface area contributed by atoms with Crippen molar-refractivity contribution in [3.63, 3.8) is 0 Å². The van der Waals surface area contributed by atoms with Gasteiger partial charge in [0, 0.05) is 12.4 Å². The minimum atomic E-state index is -4.13. The van der Waals surface area contributed by atoms with E-state index in [1.165, 1.54) is 12.4 Å². The van der Waals surface area contributed by atoms with E-state index < -0.39 is 13.2 Å². The van der Waals surface area contributed by atoms with Crippen molar-refractivity contribution in [2.75, 3.05) is 5.73 Å². The monoisotopic (exact) mass is 285 g/mol. The van der Waals surface area contributed by atoms with Gasteiger partial charge in [0.15, 0.2) is 11.2 Å². The molecule has 9 nitrogen and oxygen atoms in total. The number of nitrogens with two attached hydrogens (primary N) is 1. The average molecular weight is 285 g/mol. The summed E-state index contributed by atoms with van der Waals surface area (Å²) < 4.78 is 12.2. The van der Waals surface area contributed by atoms with E-state index in [-0.39, 0.29) is 11.5 Å². The number of nitrogens with one attached hydrogen (secondary N) is 1. The fraction of sp³-hybridized carbons (Fsp3) is 0.222. The second-order valence-electron chi connectivity index (χ2n) is 3.82. The Balaban J connectivity index is 2.21. The van der Waals surface area contributed by atoms with Crippen molar-refractivity contribution in [3.05, 3.63) is 28.6 Å². The van der Waals surface area contributed by atoms with Gasteiger partial charge in [-0.25, -0.2) is 4.98 Å². The zero-order valence-electron chi connectivity index (χ0n) is 9.72. The Morgan fingerprint density at radius 2 is 2.26 bits per heavy atom. The minimum Gasteiger partial charge on any atom is -0.369 e. The van der Waals surface area contributed by atoms with Crippen molar-refractivity contribution < 1.29 is 14.4 Å². The molecule has 0 radical (unpaired) electrons. The van der Waals surface area contributed by atoms with Gasteiger partial charge in [-0.05, 0) is 6.42 Å². The number of rotatable bonds is 4. The summed E-state index contributed by atoms with van der Waals surface area (Å²) >= 11 is 0. The summed E-state index contributed by atoms with van der Waals surface area (Å²) in [5, 5.41) is 0. The van der Waals surface area contributed by atoms with Gasteiger partial charge >= 0.3 is 7.60 Å². The topological polar surface area (TPSA) is 147 Å². The second-order valence-corrected chi connectivity index (χ2v) is 5.30. The molecule has 2 aromatic rings. The molecule has 0 bridgehead atoms. The number of allylic oxidation sites excluding steroid dienone is 1. The Hall–Kier alpha value is -1.96. The third kappa shape index (κ3) is 3.28. The maximum atomic E-state index is 11.5. The number of nitrogen functional groups attached to an aromatic ring is 1. The molecule has 0 aliphatic heterocycles. The van der Waals surface area contributed by atoms with Gasteiger partial charge in [-0.15, -0.1) is 0 Å². The number of fused-ring (bicyclic) bond motifs is 1. The second kappa shape index (κ2) is 4.96. The van der Waals surface area contributed by atoms with Crippen LogP contribution in [0.5, 0.6) is 0 Å². The van der Waals surface area contributed by atoms with Crippen molar-refractivity contribution in [2.24, 2.45) is 0 Å². The fourth-order valence-corrected chi connectivity index (χ4v) is 1.98. The molecule has 0 saturated heterocycles. The number of aromatic amines is 1. The average Bonchev–Trinajstić information content (AvgIpc) is 2.66. The van der Waals surface area contributed by atoms with Crippen LogP contribution in [0.3, 0.4) is 0 Å². The molecule has 10 heteroatoms. The highest BCUT2D eigenvalue weighted by atomic mass is 31.2. The van der Waals surface area contributed by atoms with Crippen LogP contribution in [-0.2, 0) is 11.1 Å². The van der Waals surface area contributed by atoms with Crippen LogP contribution in [0.15, 0.2) is 23.0 Å². The summed E-state index contributed by atoms with van der Waals surface area (Å²) in [5.41, 5.74) is 5.53. The van der Waals surface area contributed by atoms with Gasteiger partial charge in [0.25, 0.3) is 5.56 Å². The zero-order chi connectivity index (χ0) is 14.0. The van der Waals surface area contributed by atoms with E-state index in [9.17, 15) is 9.36 Å². The van der Waals surface area contributed by atoms with Gasteiger partial charge < -0.3 is 20.1 Å². The Bertz CT molecular complexity index is 728. The molecule has 0 atom stereocenters. The van der Waals surface area contributed by atoms with Gasteiger partial charge in [0.1, 0.15) is 0 Å². The predicted molar refractivity (Wildman–Crippen MR) is 68.4 cm³/mol. The summed E-state index contributed by atoms with van der Waals surface area (Å²) in [5.74, 6) is 0.825. The lowest BCUT2D eigenvalue weighted by atomic mass is 10.4. The minimum absolute atomic E-state index is 0.00925. The van der Waals surface area contributed by atoms with Crippen molar-refractivity contribution in [1.82, 2.24) is 19.5 Å². The zero-order valence-corrected chi connectivity index (χ0v) is 10.6. The first-order chi connectivity index (χ1) is 8.87. The molecule has 19 heavy (non-hydrogen) atoms. The van der Waals surface area contributed by atoms with Crippen molar-refractivity contribution in [2.45, 2.75) is 13.0 Å². The lowest BCUT2D eigenvalue weighted by Crippen LogP contribution is -2.12. The van der Waals surface area contributed by atoms with Crippen molar-refractivity contribution in [1.29, 1.82) is 0 Å². The molecule has 0 aliphatic rings. The van der Waals surface area contributed by atoms with Gasteiger partial charge in [-0.2, -0.15) is 4.98 Å². The SMILES string of the molecule is Nc1nc2c(ncn2CCC=CP(=O)(O)O)c(=O)[nH]1. The first-order valence-electron chi connectivity index (χ1n) is 5.30. The Kier molecular flexibility index (Phi) is 3.52. The number of aromatic nitrogens is 4. The van der Waals surface area contributed by atoms with Crippen LogP contribution in [0.2, 0.25) is 0 Å². The van der Waals surface area contributed by atoms with E-state index in [2.05, 4.69) is 15.0 Å². The van der Waals surface area contributed by atoms with Crippen LogP contribution in [0.1, 0.15) is 6.42 Å². The maximum Gasteiger partial charge on any atom is 0.348 e. The van der Waals surface area contributed by atoms with E-state index in [4.69, 9.17) is 15.5 Å². The third-order valence-electron chi connectivity index (χ3n) is 2.33. The van der Waals surface area contributed by atoms with Crippen LogP contribution in [0.4, 0.5) is 5.95 Å². The summed E-state index contributed by atoms with van der Waals surface area (Å²) in [4.78, 5) is 39.0. The number of aryl methyl sites for hydroxylation is 1. The molecule has 0 fully saturated rings. The van der Waals surface area contributed by atoms with Crippen LogP contribution in [0, 0.1) is 0 Å². The highest BCUT2D eigenvalue weighted by molar-refractivity contribution is 7.55. The Labute approximate surface area is 107 Å². The van der Waals surface area contributed by atoms with Crippen LogP contribution in [-0.4, -0.2) is 29.3 Å². The summed E-state index contributed by atoms with van der Waals surface area (Å²) in [7, 11) is -4.13. The predicted octanol–water partition coefficient (Wildman–Crippen LogP) is -0.217. The summed E-state index contributed by atoms with van der Waals surface area (Å²) in [6.45, 7) is 0.378. The summed E-state index contributed by atoms with van der Waals surface area (Å²) in [6, 6.07) is 0. The first kappa shape index (κ1) is 13.5. The standard InChI is InChI=1S/C9H12N5O4P/c10-9-12-7-6(8(15)13-9)11-5-14(7)3-1-2-4-19(16,17)18/h2,4-5H,1,3H2,(H2,16,17,18)(H3,10,12,13,15). The number of imidazole rings is 1. The fourth-order valence-electron chi connectivity index (χ4n) is 1.56. The molecule has 2 rings (SSSR count). The van der Waals surface area contributed by atoms with Crippen molar-refractivity contribution >= 4 is 24.7 Å². The van der Waals surface area contributed by atoms with E-state index in [1.54, 1.807) is 4.57 Å². The quantitative estimate of drug-likeness (QED) is 0.568. The van der Waals surface area contributed by atoms with Gasteiger partial charge in [0.2, 0.25) is 5.95 Å². The lowest BCUT2D eigenvalue weighted by molar-refractivity contribution is 0.386. The Morgan fingerprint density at radius 1 is 1.53 bits per heavy atom. The van der Waals surface area contributed by atoms with Crippen LogP contribution in [0.25, 0.3) is 11.2 Å². The third-order valence-corrected chi connectivity index (χ3v) is 2.93. The highest BCUT2D eigenvalue weighted by Gasteiger charge is 2.09. The van der Waals surface area contributed by atoms with Crippen LogP contribution < -0.4 is 11.3 Å². The molecule has 102 valence electrons. The highest BCUT2D eigenvalue weighted by Crippen LogP contribution is 2.35. The smallest absolute Gasteiger partial charge is 0.348 e. The van der Waals surface area contributed by atoms with Gasteiger partial charge in [-0.3, -0.25) is 14.3 Å². The molecule has 0 amide bonds. The molecule has 2 aromatic heterocycles. The Morgan fingerprint density at radius 3 is 2.95 bits per heavy atom. The number of hydrogen-bond donors (Lipinski definition) is 4. The molecule has 0 spiro atoms. The molecule has 0 unspecified atom stereocenters. The maximum absolute atomic E-state index is 11.5. The number of H-pyrrole nitrogens is 1. The van der Waals surface area contributed by atoms with E-state index in [0.717, 1.165) is 5.82 Å². The lowest BCUT2D eigenvalue weighted by Gasteiger charge is -2.01. The molecule has 0 saturated carbocycles. The molecule has 2 heterocycles. The van der Waals surface area contributed by atoms with E-state index >= 15 is 0 Å². The molecule has 5 N–H and O–H groups in total. The molecular weight excluding hydrogens is 273 g/mol. The number of anilines is 1. The van der Waals surface area contributed by atoms with Gasteiger partial charge in [-0.1, -0.05) is 6.08 Å². The molecule has 0 aromatic carbocycles. The first-order valence-corrected chi connectivity index (χ1v) is 6.98. The molecular formula is C9H12N5O4P. The van der Waals surface area contributed by atoms with Crippen LogP contribution >= 0.6 is 7.60 Å². The number of nitrogens with zero attached hydrogens (tertiary/aromatic N) is 3. The molecule has 0 aliphatic carbocycles. The van der Waals surface area contributed by atoms with Gasteiger partial charge in [0.05, 0.1) is 6.33 Å². The summed E-state index contributed by atoms with van der Waals surface area (Å²) in [6.07, 6.45) is 3.16.